The number of methoxy groups -OCH3 is 1. The van der Waals surface area contributed by atoms with Gasteiger partial charge in [0.05, 0.1) is 7.11 Å². The van der Waals surface area contributed by atoms with Gasteiger partial charge in [0.25, 0.3) is 0 Å². The van der Waals surface area contributed by atoms with Crippen LogP contribution in [0.4, 0.5) is 0 Å². The lowest BCUT2D eigenvalue weighted by atomic mass is 10.1. The largest absolute Gasteiger partial charge is 0.504 e. The van der Waals surface area contributed by atoms with E-state index in [9.17, 15) is 9.90 Å². The van der Waals surface area contributed by atoms with Gasteiger partial charge < -0.3 is 9.84 Å². The van der Waals surface area contributed by atoms with Crippen LogP contribution in [0.3, 0.4) is 0 Å². The van der Waals surface area contributed by atoms with E-state index in [1.165, 1.54) is 19.3 Å². The van der Waals surface area contributed by atoms with Crippen molar-refractivity contribution in [3.8, 4) is 11.5 Å². The van der Waals surface area contributed by atoms with Crippen molar-refractivity contribution < 1.29 is 14.6 Å². The molecule has 0 aliphatic carbocycles. The van der Waals surface area contributed by atoms with Gasteiger partial charge in [0.1, 0.15) is 0 Å². The first kappa shape index (κ1) is 13.9. The predicted molar refractivity (Wildman–Crippen MR) is 79.2 cm³/mol. The van der Waals surface area contributed by atoms with Crippen molar-refractivity contribution in [2.24, 2.45) is 0 Å². The molecule has 20 heavy (non-hydrogen) atoms. The van der Waals surface area contributed by atoms with Crippen molar-refractivity contribution in [1.29, 1.82) is 0 Å². The summed E-state index contributed by atoms with van der Waals surface area (Å²) in [6.45, 7) is 1.98. The van der Waals surface area contributed by atoms with E-state index in [4.69, 9.17) is 4.74 Å². The van der Waals surface area contributed by atoms with Crippen LogP contribution in [0.2, 0.25) is 0 Å². The molecule has 0 radical (unpaired) electrons. The quantitative estimate of drug-likeness (QED) is 0.680. The Bertz CT molecular complexity index is 640. The molecule has 0 spiro atoms. The average Bonchev–Trinajstić information content (AvgIpc) is 2.46. The number of benzene rings is 2. The molecule has 102 valence electrons. The number of ether oxygens (including phenoxy) is 1. The van der Waals surface area contributed by atoms with Crippen LogP contribution in [0.1, 0.15) is 21.5 Å². The van der Waals surface area contributed by atoms with E-state index in [2.05, 4.69) is 0 Å². The van der Waals surface area contributed by atoms with E-state index in [0.717, 1.165) is 11.1 Å². The molecule has 2 aromatic carbocycles. The minimum absolute atomic E-state index is 0.0583. The Morgan fingerprint density at radius 3 is 2.50 bits per heavy atom. The molecule has 3 nitrogen and oxygen atoms in total. The zero-order valence-electron chi connectivity index (χ0n) is 11.5. The highest BCUT2D eigenvalue weighted by molar-refractivity contribution is 6.06. The molecule has 0 saturated heterocycles. The molecule has 0 bridgehead atoms. The van der Waals surface area contributed by atoms with Gasteiger partial charge in [0, 0.05) is 5.56 Å². The lowest BCUT2D eigenvalue weighted by molar-refractivity contribution is 0.104. The number of carbonyl (C=O) groups excluding carboxylic acids is 1. The molecule has 0 heterocycles. The third kappa shape index (κ3) is 3.26. The maximum atomic E-state index is 12.0. The monoisotopic (exact) mass is 268 g/mol. The van der Waals surface area contributed by atoms with Crippen LogP contribution in [0, 0.1) is 6.92 Å². The Morgan fingerprint density at radius 2 is 1.85 bits per heavy atom. The number of carbonyl (C=O) groups is 1. The Labute approximate surface area is 118 Å². The molecule has 0 aliphatic rings. The van der Waals surface area contributed by atoms with Crippen LogP contribution in [0.15, 0.2) is 48.5 Å². The second-order valence-corrected chi connectivity index (χ2v) is 4.49. The number of allylic oxidation sites excluding steroid dienone is 1. The molecule has 0 aromatic heterocycles. The van der Waals surface area contributed by atoms with Crippen LogP contribution in [0.5, 0.6) is 11.5 Å². The van der Waals surface area contributed by atoms with E-state index in [1.807, 2.05) is 19.1 Å². The summed E-state index contributed by atoms with van der Waals surface area (Å²) in [7, 11) is 1.49. The van der Waals surface area contributed by atoms with Crippen LogP contribution in [-0.2, 0) is 0 Å². The summed E-state index contributed by atoms with van der Waals surface area (Å²) in [4.78, 5) is 12.0. The minimum Gasteiger partial charge on any atom is -0.504 e. The Hall–Kier alpha value is -2.55. The highest BCUT2D eigenvalue weighted by atomic mass is 16.5. The molecule has 0 amide bonds. The molecule has 0 unspecified atom stereocenters. The zero-order chi connectivity index (χ0) is 14.5. The van der Waals surface area contributed by atoms with Gasteiger partial charge in [0.15, 0.2) is 17.3 Å². The first-order chi connectivity index (χ1) is 9.60. The lowest BCUT2D eigenvalue weighted by Crippen LogP contribution is -1.93. The van der Waals surface area contributed by atoms with E-state index < -0.39 is 0 Å². The summed E-state index contributed by atoms with van der Waals surface area (Å²) in [5.41, 5.74) is 2.56. The topological polar surface area (TPSA) is 46.5 Å². The number of phenolic OH excluding ortho intramolecular Hbond substituents is 1. The van der Waals surface area contributed by atoms with E-state index in [1.54, 1.807) is 30.3 Å². The molecule has 0 saturated carbocycles. The van der Waals surface area contributed by atoms with Crippen LogP contribution < -0.4 is 4.74 Å². The molecule has 2 aromatic rings. The van der Waals surface area contributed by atoms with Gasteiger partial charge in [-0.05, 0) is 30.7 Å². The van der Waals surface area contributed by atoms with Crippen LogP contribution in [-0.4, -0.2) is 18.0 Å². The van der Waals surface area contributed by atoms with Crippen LogP contribution >= 0.6 is 0 Å². The van der Waals surface area contributed by atoms with Crippen molar-refractivity contribution in [3.63, 3.8) is 0 Å². The van der Waals surface area contributed by atoms with Gasteiger partial charge in [-0.1, -0.05) is 42.0 Å². The highest BCUT2D eigenvalue weighted by Gasteiger charge is 2.03. The number of rotatable bonds is 4. The normalized spacial score (nSPS) is 10.7. The predicted octanol–water partition coefficient (Wildman–Crippen LogP) is 3.61. The standard InChI is InChI=1S/C17H16O3/c1-12-3-7-14(8-4-12)15(18)9-5-13-6-10-16(19)17(11-13)20-2/h3-11,19H,1-2H3. The van der Waals surface area contributed by atoms with Gasteiger partial charge >= 0.3 is 0 Å². The number of hydrogen-bond donors (Lipinski definition) is 1. The first-order valence-corrected chi connectivity index (χ1v) is 6.26. The second kappa shape index (κ2) is 6.06. The second-order valence-electron chi connectivity index (χ2n) is 4.49. The van der Waals surface area contributed by atoms with Crippen molar-refractivity contribution in [3.05, 3.63) is 65.2 Å². The third-order valence-electron chi connectivity index (χ3n) is 2.97. The lowest BCUT2D eigenvalue weighted by Gasteiger charge is -2.03. The van der Waals surface area contributed by atoms with Crippen molar-refractivity contribution in [2.75, 3.05) is 7.11 Å². The fraction of sp³-hybridized carbons (Fsp3) is 0.118. The van der Waals surface area contributed by atoms with Gasteiger partial charge in [-0.15, -0.1) is 0 Å². The van der Waals surface area contributed by atoms with E-state index in [0.29, 0.717) is 11.3 Å². The summed E-state index contributed by atoms with van der Waals surface area (Å²) in [5, 5.41) is 9.50. The summed E-state index contributed by atoms with van der Waals surface area (Å²) in [6, 6.07) is 12.4. The SMILES string of the molecule is COc1cc(C=CC(=O)c2ccc(C)cc2)ccc1O. The Balaban J connectivity index is 2.16. The van der Waals surface area contributed by atoms with E-state index >= 15 is 0 Å². The maximum absolute atomic E-state index is 12.0. The summed E-state index contributed by atoms with van der Waals surface area (Å²) >= 11 is 0. The maximum Gasteiger partial charge on any atom is 0.185 e. The van der Waals surface area contributed by atoms with E-state index in [-0.39, 0.29) is 11.5 Å². The zero-order valence-corrected chi connectivity index (χ0v) is 11.5. The molecule has 2 rings (SSSR count). The number of aryl methyl sites for hydroxylation is 1. The van der Waals surface area contributed by atoms with Gasteiger partial charge in [-0.2, -0.15) is 0 Å². The Morgan fingerprint density at radius 1 is 1.15 bits per heavy atom. The summed E-state index contributed by atoms with van der Waals surface area (Å²) < 4.78 is 5.02. The highest BCUT2D eigenvalue weighted by Crippen LogP contribution is 2.26. The van der Waals surface area contributed by atoms with Crippen LogP contribution in [0.25, 0.3) is 6.08 Å². The summed E-state index contributed by atoms with van der Waals surface area (Å²) in [5.74, 6) is 0.404. The first-order valence-electron chi connectivity index (χ1n) is 6.26. The van der Waals surface area contributed by atoms with Gasteiger partial charge in [-0.3, -0.25) is 4.79 Å². The molecular weight excluding hydrogens is 252 g/mol. The molecule has 1 N–H and O–H groups in total. The number of phenols is 1. The number of ketones is 1. The number of aromatic hydroxyl groups is 1. The fourth-order valence-electron chi connectivity index (χ4n) is 1.78. The summed E-state index contributed by atoms with van der Waals surface area (Å²) in [6.07, 6.45) is 3.21. The minimum atomic E-state index is -0.0583. The molecule has 3 heteroatoms. The third-order valence-corrected chi connectivity index (χ3v) is 2.97. The van der Waals surface area contributed by atoms with Crippen molar-refractivity contribution in [1.82, 2.24) is 0 Å². The van der Waals surface area contributed by atoms with Gasteiger partial charge in [0.2, 0.25) is 0 Å². The Kier molecular flexibility index (Phi) is 4.20. The smallest absolute Gasteiger partial charge is 0.185 e. The number of hydrogen-bond acceptors (Lipinski definition) is 3. The fourth-order valence-corrected chi connectivity index (χ4v) is 1.78. The van der Waals surface area contributed by atoms with Crippen molar-refractivity contribution >= 4 is 11.9 Å². The average molecular weight is 268 g/mol. The van der Waals surface area contributed by atoms with Crippen molar-refractivity contribution in [2.45, 2.75) is 6.92 Å². The van der Waals surface area contributed by atoms with Gasteiger partial charge in [-0.25, -0.2) is 0 Å². The molecule has 0 fully saturated rings. The molecule has 0 atom stereocenters. The molecule has 0 aliphatic heterocycles. The molecular formula is C17H16O3.